The molecule has 0 N–H and O–H groups in total. The van der Waals surface area contributed by atoms with Crippen molar-refractivity contribution in [2.45, 2.75) is 32.7 Å². The zero-order valence-corrected chi connectivity index (χ0v) is 14.9. The summed E-state index contributed by atoms with van der Waals surface area (Å²) >= 11 is 0. The summed E-state index contributed by atoms with van der Waals surface area (Å²) in [7, 11) is 0. The molecule has 4 rings (SSSR count). The molecule has 1 saturated heterocycles. The molecule has 0 saturated carbocycles. The van der Waals surface area contributed by atoms with Crippen LogP contribution in [-0.4, -0.2) is 41.6 Å². The number of aryl methyl sites for hydroxylation is 2. The van der Waals surface area contributed by atoms with E-state index in [2.05, 4.69) is 5.16 Å². The topological polar surface area (TPSA) is 75.9 Å². The Bertz CT molecular complexity index is 841. The summed E-state index contributed by atoms with van der Waals surface area (Å²) in [5, 5.41) is 4.02. The summed E-state index contributed by atoms with van der Waals surface area (Å²) in [6.07, 6.45) is 1.80. The SMILES string of the molecule is Cc1noc(C)c1C1CCCN1C(=O)CN1C(=O)COc2ccccc21. The van der Waals surface area contributed by atoms with Gasteiger partial charge < -0.3 is 14.2 Å². The van der Waals surface area contributed by atoms with Crippen LogP contribution in [0.15, 0.2) is 28.8 Å². The van der Waals surface area contributed by atoms with Gasteiger partial charge in [-0.2, -0.15) is 0 Å². The summed E-state index contributed by atoms with van der Waals surface area (Å²) in [4.78, 5) is 28.7. The molecule has 7 nitrogen and oxygen atoms in total. The van der Waals surface area contributed by atoms with E-state index in [4.69, 9.17) is 9.26 Å². The summed E-state index contributed by atoms with van der Waals surface area (Å²) in [6.45, 7) is 4.41. The van der Waals surface area contributed by atoms with Gasteiger partial charge in [0.1, 0.15) is 18.1 Å². The number of likely N-dealkylation sites (tertiary alicyclic amines) is 1. The van der Waals surface area contributed by atoms with Crippen molar-refractivity contribution in [3.05, 3.63) is 41.3 Å². The fourth-order valence-corrected chi connectivity index (χ4v) is 3.88. The number of fused-ring (bicyclic) bond motifs is 1. The Balaban J connectivity index is 1.57. The lowest BCUT2D eigenvalue weighted by Crippen LogP contribution is -2.46. The zero-order valence-electron chi connectivity index (χ0n) is 14.9. The molecule has 2 aliphatic heterocycles. The molecular formula is C19H21N3O4. The van der Waals surface area contributed by atoms with E-state index >= 15 is 0 Å². The van der Waals surface area contributed by atoms with Crippen LogP contribution in [0.5, 0.6) is 5.75 Å². The predicted molar refractivity (Wildman–Crippen MR) is 94.0 cm³/mol. The number of anilines is 1. The first kappa shape index (κ1) is 16.6. The van der Waals surface area contributed by atoms with Gasteiger partial charge in [0, 0.05) is 12.1 Å². The molecule has 0 aliphatic carbocycles. The molecule has 7 heteroatoms. The van der Waals surface area contributed by atoms with Crippen LogP contribution < -0.4 is 9.64 Å². The van der Waals surface area contributed by atoms with Gasteiger partial charge in [-0.3, -0.25) is 14.5 Å². The minimum absolute atomic E-state index is 0.0130. The van der Waals surface area contributed by atoms with Crippen LogP contribution in [-0.2, 0) is 9.59 Å². The fraction of sp³-hybridized carbons (Fsp3) is 0.421. The Kier molecular flexibility index (Phi) is 4.14. The van der Waals surface area contributed by atoms with E-state index in [1.54, 1.807) is 6.07 Å². The molecule has 136 valence electrons. The smallest absolute Gasteiger partial charge is 0.265 e. The number of rotatable bonds is 3. The van der Waals surface area contributed by atoms with Gasteiger partial charge in [0.25, 0.3) is 5.91 Å². The number of nitrogens with zero attached hydrogens (tertiary/aromatic N) is 3. The van der Waals surface area contributed by atoms with E-state index in [-0.39, 0.29) is 31.0 Å². The monoisotopic (exact) mass is 355 g/mol. The van der Waals surface area contributed by atoms with Crippen LogP contribution in [0, 0.1) is 13.8 Å². The highest BCUT2D eigenvalue weighted by atomic mass is 16.5. The van der Waals surface area contributed by atoms with Gasteiger partial charge >= 0.3 is 0 Å². The molecule has 1 aromatic heterocycles. The Morgan fingerprint density at radius 2 is 2.12 bits per heavy atom. The van der Waals surface area contributed by atoms with Crippen LogP contribution in [0.3, 0.4) is 0 Å². The van der Waals surface area contributed by atoms with Gasteiger partial charge in [0.2, 0.25) is 5.91 Å². The largest absolute Gasteiger partial charge is 0.482 e. The summed E-state index contributed by atoms with van der Waals surface area (Å²) in [5.41, 5.74) is 2.45. The van der Waals surface area contributed by atoms with Crippen LogP contribution in [0.2, 0.25) is 0 Å². The molecule has 0 spiro atoms. The number of benzene rings is 1. The lowest BCUT2D eigenvalue weighted by Gasteiger charge is -2.32. The molecule has 2 amide bonds. The lowest BCUT2D eigenvalue weighted by molar-refractivity contribution is -0.132. The van der Waals surface area contributed by atoms with Gasteiger partial charge in [0.15, 0.2) is 6.61 Å². The first-order valence-electron chi connectivity index (χ1n) is 8.80. The third kappa shape index (κ3) is 2.73. The third-order valence-corrected chi connectivity index (χ3v) is 5.10. The molecule has 3 heterocycles. The van der Waals surface area contributed by atoms with Gasteiger partial charge in [0.05, 0.1) is 17.4 Å². The van der Waals surface area contributed by atoms with E-state index in [1.807, 2.05) is 36.9 Å². The van der Waals surface area contributed by atoms with Crippen LogP contribution in [0.1, 0.15) is 35.9 Å². The van der Waals surface area contributed by atoms with Crippen molar-refractivity contribution < 1.29 is 18.8 Å². The van der Waals surface area contributed by atoms with Gasteiger partial charge in [-0.15, -0.1) is 0 Å². The molecule has 2 aromatic rings. The average Bonchev–Trinajstić information content (AvgIpc) is 3.23. The number of carbonyl (C=O) groups is 2. The number of aromatic nitrogens is 1. The van der Waals surface area contributed by atoms with E-state index in [9.17, 15) is 9.59 Å². The molecule has 1 unspecified atom stereocenters. The molecule has 0 radical (unpaired) electrons. The number of hydrogen-bond acceptors (Lipinski definition) is 5. The maximum absolute atomic E-state index is 13.0. The lowest BCUT2D eigenvalue weighted by atomic mass is 10.0. The first-order chi connectivity index (χ1) is 12.6. The summed E-state index contributed by atoms with van der Waals surface area (Å²) in [5.74, 6) is 1.10. The van der Waals surface area contributed by atoms with Crippen molar-refractivity contribution in [1.82, 2.24) is 10.1 Å². The molecule has 2 aliphatic rings. The maximum atomic E-state index is 13.0. The number of hydrogen-bond donors (Lipinski definition) is 0. The van der Waals surface area contributed by atoms with Gasteiger partial charge in [-0.25, -0.2) is 0 Å². The van der Waals surface area contributed by atoms with Crippen molar-refractivity contribution in [1.29, 1.82) is 0 Å². The average molecular weight is 355 g/mol. The van der Waals surface area contributed by atoms with Crippen molar-refractivity contribution in [3.63, 3.8) is 0 Å². The van der Waals surface area contributed by atoms with Crippen LogP contribution in [0.25, 0.3) is 0 Å². The standard InChI is InChI=1S/C19H21N3O4/c1-12-19(13(2)26-20-12)15-7-5-9-21(15)17(23)10-22-14-6-3-4-8-16(14)25-11-18(22)24/h3-4,6,8,15H,5,7,9-11H2,1-2H3. The summed E-state index contributed by atoms with van der Waals surface area (Å²) < 4.78 is 10.7. The van der Waals surface area contributed by atoms with Gasteiger partial charge in [-0.05, 0) is 38.8 Å². The Labute approximate surface area is 151 Å². The second-order valence-electron chi connectivity index (χ2n) is 6.72. The van der Waals surface area contributed by atoms with Gasteiger partial charge in [-0.1, -0.05) is 17.3 Å². The highest BCUT2D eigenvalue weighted by Crippen LogP contribution is 2.36. The van der Waals surface area contributed by atoms with E-state index in [0.29, 0.717) is 18.0 Å². The van der Waals surface area contributed by atoms with Crippen LogP contribution >= 0.6 is 0 Å². The summed E-state index contributed by atoms with van der Waals surface area (Å²) in [6, 6.07) is 7.25. The molecule has 1 atom stereocenters. The van der Waals surface area contributed by atoms with E-state index < -0.39 is 0 Å². The highest BCUT2D eigenvalue weighted by Gasteiger charge is 2.36. The van der Waals surface area contributed by atoms with E-state index in [0.717, 1.165) is 29.9 Å². The molecule has 1 aromatic carbocycles. The molecule has 1 fully saturated rings. The highest BCUT2D eigenvalue weighted by molar-refractivity contribution is 6.02. The van der Waals surface area contributed by atoms with Crippen LogP contribution in [0.4, 0.5) is 5.69 Å². The van der Waals surface area contributed by atoms with Crippen molar-refractivity contribution >= 4 is 17.5 Å². The Hall–Kier alpha value is -2.83. The second-order valence-corrected chi connectivity index (χ2v) is 6.72. The van der Waals surface area contributed by atoms with E-state index in [1.165, 1.54) is 4.90 Å². The quantitative estimate of drug-likeness (QED) is 0.845. The minimum atomic E-state index is -0.204. The zero-order chi connectivity index (χ0) is 18.3. The number of amides is 2. The molecule has 26 heavy (non-hydrogen) atoms. The Morgan fingerprint density at radius 1 is 1.31 bits per heavy atom. The number of carbonyl (C=O) groups excluding carboxylic acids is 2. The predicted octanol–water partition coefficient (Wildman–Crippen LogP) is 2.38. The number of ether oxygens (including phenoxy) is 1. The number of para-hydroxylation sites is 2. The fourth-order valence-electron chi connectivity index (χ4n) is 3.88. The maximum Gasteiger partial charge on any atom is 0.265 e. The molecular weight excluding hydrogens is 334 g/mol. The minimum Gasteiger partial charge on any atom is -0.482 e. The van der Waals surface area contributed by atoms with Crippen molar-refractivity contribution in [2.75, 3.05) is 24.6 Å². The van der Waals surface area contributed by atoms with Crippen molar-refractivity contribution in [2.24, 2.45) is 0 Å². The second kappa shape index (κ2) is 6.48. The normalized spacial score (nSPS) is 19.5. The molecule has 0 bridgehead atoms. The van der Waals surface area contributed by atoms with Crippen molar-refractivity contribution in [3.8, 4) is 5.75 Å². The first-order valence-corrected chi connectivity index (χ1v) is 8.80. The Morgan fingerprint density at radius 3 is 2.88 bits per heavy atom. The third-order valence-electron chi connectivity index (χ3n) is 5.10.